The number of benzene rings is 2. The first kappa shape index (κ1) is 19.8. The van der Waals surface area contributed by atoms with E-state index in [0.29, 0.717) is 27.2 Å². The number of hydrogen-bond acceptors (Lipinski definition) is 3. The van der Waals surface area contributed by atoms with Crippen molar-refractivity contribution in [3.63, 3.8) is 0 Å². The lowest BCUT2D eigenvalue weighted by Crippen LogP contribution is -2.36. The second kappa shape index (κ2) is 8.87. The average Bonchev–Trinajstić information content (AvgIpc) is 2.70. The SMILES string of the molecule is Clc1ccc2c(N[C@H]3CC[C@@H](NCc4cccc(Cl)c4Cl)CC3)ccnc2c1. The van der Waals surface area contributed by atoms with Crippen LogP contribution in [0, 0.1) is 0 Å². The van der Waals surface area contributed by atoms with Gasteiger partial charge in [0.2, 0.25) is 0 Å². The highest BCUT2D eigenvalue weighted by atomic mass is 35.5. The van der Waals surface area contributed by atoms with Gasteiger partial charge in [-0.1, -0.05) is 46.9 Å². The van der Waals surface area contributed by atoms with E-state index in [4.69, 9.17) is 34.8 Å². The molecule has 3 aromatic rings. The van der Waals surface area contributed by atoms with Gasteiger partial charge in [-0.25, -0.2) is 0 Å². The summed E-state index contributed by atoms with van der Waals surface area (Å²) in [7, 11) is 0. The molecule has 0 saturated heterocycles. The van der Waals surface area contributed by atoms with Crippen LogP contribution in [0.15, 0.2) is 48.7 Å². The summed E-state index contributed by atoms with van der Waals surface area (Å²) in [6.07, 6.45) is 6.34. The van der Waals surface area contributed by atoms with Gasteiger partial charge in [0.15, 0.2) is 0 Å². The van der Waals surface area contributed by atoms with E-state index in [0.717, 1.165) is 54.4 Å². The molecule has 3 nitrogen and oxygen atoms in total. The molecule has 1 aliphatic carbocycles. The Morgan fingerprint density at radius 2 is 1.71 bits per heavy atom. The average molecular weight is 435 g/mol. The van der Waals surface area contributed by atoms with Gasteiger partial charge < -0.3 is 10.6 Å². The second-order valence-electron chi connectivity index (χ2n) is 7.31. The maximum absolute atomic E-state index is 6.29. The van der Waals surface area contributed by atoms with Crippen LogP contribution in [0.25, 0.3) is 10.9 Å². The predicted octanol–water partition coefficient (Wildman–Crippen LogP) is 6.71. The van der Waals surface area contributed by atoms with Crippen LogP contribution in [-0.2, 0) is 6.54 Å². The highest BCUT2D eigenvalue weighted by Gasteiger charge is 2.21. The van der Waals surface area contributed by atoms with Crippen LogP contribution in [-0.4, -0.2) is 17.1 Å². The third kappa shape index (κ3) is 4.55. The van der Waals surface area contributed by atoms with Gasteiger partial charge in [0.1, 0.15) is 0 Å². The first-order valence-corrected chi connectivity index (χ1v) is 10.7. The summed E-state index contributed by atoms with van der Waals surface area (Å²) < 4.78 is 0. The molecular weight excluding hydrogens is 413 g/mol. The smallest absolute Gasteiger partial charge is 0.0737 e. The second-order valence-corrected chi connectivity index (χ2v) is 8.53. The molecule has 2 aromatic carbocycles. The normalized spacial score (nSPS) is 19.7. The van der Waals surface area contributed by atoms with E-state index >= 15 is 0 Å². The first-order chi connectivity index (χ1) is 13.6. The molecule has 0 atom stereocenters. The summed E-state index contributed by atoms with van der Waals surface area (Å²) >= 11 is 18.5. The van der Waals surface area contributed by atoms with Crippen LogP contribution >= 0.6 is 34.8 Å². The summed E-state index contributed by atoms with van der Waals surface area (Å²) in [5.41, 5.74) is 3.10. The van der Waals surface area contributed by atoms with E-state index in [1.54, 1.807) is 0 Å². The minimum absolute atomic E-state index is 0.467. The monoisotopic (exact) mass is 433 g/mol. The Labute approximate surface area is 180 Å². The van der Waals surface area contributed by atoms with Crippen molar-refractivity contribution in [1.82, 2.24) is 10.3 Å². The fourth-order valence-electron chi connectivity index (χ4n) is 3.85. The Morgan fingerprint density at radius 1 is 0.929 bits per heavy atom. The standard InChI is InChI=1S/C22H22Cl3N3/c23-15-4-9-18-20(10-11-26-21(18)12-15)28-17-7-5-16(6-8-17)27-13-14-2-1-3-19(24)22(14)25/h1-4,9-12,16-17,27H,5-8,13H2,(H,26,28)/t16-,17+. The highest BCUT2D eigenvalue weighted by molar-refractivity contribution is 6.42. The molecule has 4 rings (SSSR count). The van der Waals surface area contributed by atoms with Crippen LogP contribution in [0.1, 0.15) is 31.2 Å². The third-order valence-electron chi connectivity index (χ3n) is 5.40. The minimum atomic E-state index is 0.467. The zero-order valence-electron chi connectivity index (χ0n) is 15.4. The molecule has 1 aliphatic rings. The summed E-state index contributed by atoms with van der Waals surface area (Å²) in [4.78, 5) is 4.42. The Morgan fingerprint density at radius 3 is 2.54 bits per heavy atom. The molecular formula is C22H22Cl3N3. The summed E-state index contributed by atoms with van der Waals surface area (Å²) in [5.74, 6) is 0. The number of anilines is 1. The highest BCUT2D eigenvalue weighted by Crippen LogP contribution is 2.29. The Balaban J connectivity index is 1.33. The maximum Gasteiger partial charge on any atom is 0.0737 e. The van der Waals surface area contributed by atoms with Gasteiger partial charge in [-0.05, 0) is 61.6 Å². The molecule has 0 spiro atoms. The van der Waals surface area contributed by atoms with Gasteiger partial charge in [-0.2, -0.15) is 0 Å². The fourth-order valence-corrected chi connectivity index (χ4v) is 4.40. The van der Waals surface area contributed by atoms with Crippen molar-refractivity contribution in [2.24, 2.45) is 0 Å². The van der Waals surface area contributed by atoms with Gasteiger partial charge in [0.25, 0.3) is 0 Å². The van der Waals surface area contributed by atoms with Gasteiger partial charge in [-0.3, -0.25) is 4.98 Å². The number of rotatable bonds is 5. The molecule has 0 bridgehead atoms. The zero-order chi connectivity index (χ0) is 19.5. The van der Waals surface area contributed by atoms with Crippen molar-refractivity contribution in [2.45, 2.75) is 44.3 Å². The van der Waals surface area contributed by atoms with Crippen molar-refractivity contribution in [2.75, 3.05) is 5.32 Å². The number of nitrogens with zero attached hydrogens (tertiary/aromatic N) is 1. The molecule has 0 amide bonds. The molecule has 2 N–H and O–H groups in total. The van der Waals surface area contributed by atoms with Gasteiger partial charge in [-0.15, -0.1) is 0 Å². The van der Waals surface area contributed by atoms with E-state index in [-0.39, 0.29) is 0 Å². The number of aromatic nitrogens is 1. The van der Waals surface area contributed by atoms with Crippen molar-refractivity contribution in [3.05, 3.63) is 69.3 Å². The van der Waals surface area contributed by atoms with Crippen molar-refractivity contribution >= 4 is 51.4 Å². The minimum Gasteiger partial charge on any atom is -0.382 e. The van der Waals surface area contributed by atoms with E-state index in [9.17, 15) is 0 Å². The van der Waals surface area contributed by atoms with Crippen molar-refractivity contribution < 1.29 is 0 Å². The predicted molar refractivity (Wildman–Crippen MR) is 120 cm³/mol. The lowest BCUT2D eigenvalue weighted by molar-refractivity contribution is 0.353. The van der Waals surface area contributed by atoms with Crippen LogP contribution in [0.3, 0.4) is 0 Å². The summed E-state index contributed by atoms with van der Waals surface area (Å²) in [6, 6.07) is 14.7. The van der Waals surface area contributed by atoms with Crippen molar-refractivity contribution in [3.8, 4) is 0 Å². The number of hydrogen-bond donors (Lipinski definition) is 2. The topological polar surface area (TPSA) is 37.0 Å². The van der Waals surface area contributed by atoms with Gasteiger partial charge >= 0.3 is 0 Å². The van der Waals surface area contributed by atoms with Crippen molar-refractivity contribution in [1.29, 1.82) is 0 Å². The fraction of sp³-hybridized carbons (Fsp3) is 0.318. The molecule has 0 aliphatic heterocycles. The molecule has 6 heteroatoms. The summed E-state index contributed by atoms with van der Waals surface area (Å²) in [5, 5.41) is 10.4. The van der Waals surface area contributed by atoms with Crippen LogP contribution in [0.2, 0.25) is 15.1 Å². The Hall–Kier alpha value is -1.52. The molecule has 1 saturated carbocycles. The van der Waals surface area contributed by atoms with Crippen LogP contribution in [0.5, 0.6) is 0 Å². The zero-order valence-corrected chi connectivity index (χ0v) is 17.7. The number of pyridine rings is 1. The Kier molecular flexibility index (Phi) is 6.27. The lowest BCUT2D eigenvalue weighted by atomic mass is 9.90. The number of halogens is 3. The molecule has 0 unspecified atom stereocenters. The molecule has 0 radical (unpaired) electrons. The molecule has 1 fully saturated rings. The molecule has 1 heterocycles. The van der Waals surface area contributed by atoms with Gasteiger partial charge in [0, 0.05) is 40.9 Å². The quantitative estimate of drug-likeness (QED) is 0.468. The lowest BCUT2D eigenvalue weighted by Gasteiger charge is -2.31. The van der Waals surface area contributed by atoms with Crippen LogP contribution < -0.4 is 10.6 Å². The van der Waals surface area contributed by atoms with E-state index < -0.39 is 0 Å². The first-order valence-electron chi connectivity index (χ1n) is 9.57. The molecule has 146 valence electrons. The Bertz CT molecular complexity index is 968. The van der Waals surface area contributed by atoms with E-state index in [1.165, 1.54) is 0 Å². The molecule has 28 heavy (non-hydrogen) atoms. The largest absolute Gasteiger partial charge is 0.382 e. The number of fused-ring (bicyclic) bond motifs is 1. The summed E-state index contributed by atoms with van der Waals surface area (Å²) in [6.45, 7) is 0.748. The van der Waals surface area contributed by atoms with Gasteiger partial charge in [0.05, 0.1) is 15.6 Å². The van der Waals surface area contributed by atoms with Crippen LogP contribution in [0.4, 0.5) is 5.69 Å². The van der Waals surface area contributed by atoms with E-state index in [1.807, 2.05) is 48.7 Å². The van der Waals surface area contributed by atoms with E-state index in [2.05, 4.69) is 15.6 Å². The number of nitrogens with one attached hydrogen (secondary N) is 2. The maximum atomic E-state index is 6.29. The third-order valence-corrected chi connectivity index (χ3v) is 6.50. The molecule has 1 aromatic heterocycles.